The molecule has 0 unspecified atom stereocenters. The number of hydrogen-bond donors (Lipinski definition) is 1. The van der Waals surface area contributed by atoms with Crippen LogP contribution in [0.4, 0.5) is 5.95 Å². The fourth-order valence-electron chi connectivity index (χ4n) is 3.55. The van der Waals surface area contributed by atoms with Gasteiger partial charge in [0, 0.05) is 36.0 Å². The molecule has 0 fully saturated rings. The van der Waals surface area contributed by atoms with Gasteiger partial charge in [0.25, 0.3) is 0 Å². The molecule has 23 heavy (non-hydrogen) atoms. The number of fused-ring (bicyclic) bond motifs is 1. The zero-order valence-electron chi connectivity index (χ0n) is 13.6. The lowest BCUT2D eigenvalue weighted by Gasteiger charge is -2.37. The number of carbonyl (C=O) groups is 1. The van der Waals surface area contributed by atoms with E-state index in [2.05, 4.69) is 34.3 Å². The zero-order valence-corrected chi connectivity index (χ0v) is 13.6. The van der Waals surface area contributed by atoms with Crippen molar-refractivity contribution in [3.05, 3.63) is 35.6 Å². The van der Waals surface area contributed by atoms with E-state index in [1.807, 2.05) is 24.0 Å². The minimum absolute atomic E-state index is 0.0384. The summed E-state index contributed by atoms with van der Waals surface area (Å²) in [5.74, 6) is 0.864. The van der Waals surface area contributed by atoms with E-state index in [1.165, 1.54) is 6.33 Å². The Morgan fingerprint density at radius 2 is 2.17 bits per heavy atom. The Labute approximate surface area is 134 Å². The van der Waals surface area contributed by atoms with Gasteiger partial charge in [-0.1, -0.05) is 13.8 Å². The molecule has 0 spiro atoms. The summed E-state index contributed by atoms with van der Waals surface area (Å²) in [7, 11) is 0. The van der Waals surface area contributed by atoms with E-state index in [9.17, 15) is 4.79 Å². The molecule has 0 bridgehead atoms. The molecule has 0 amide bonds. The molecule has 7 heteroatoms. The third-order valence-corrected chi connectivity index (χ3v) is 4.57. The average molecular weight is 312 g/mol. The lowest BCUT2D eigenvalue weighted by molar-refractivity contribution is -0.118. The predicted molar refractivity (Wildman–Crippen MR) is 84.7 cm³/mol. The molecule has 1 atom stereocenters. The summed E-state index contributed by atoms with van der Waals surface area (Å²) in [5, 5.41) is 12.0. The van der Waals surface area contributed by atoms with Crippen LogP contribution in [0.25, 0.3) is 0 Å². The molecule has 0 saturated carbocycles. The summed E-state index contributed by atoms with van der Waals surface area (Å²) < 4.78 is 3.65. The van der Waals surface area contributed by atoms with Crippen molar-refractivity contribution in [2.75, 3.05) is 5.32 Å². The molecule has 120 valence electrons. The summed E-state index contributed by atoms with van der Waals surface area (Å²) in [6, 6.07) is -0.243. The molecule has 2 aromatic rings. The first-order chi connectivity index (χ1) is 11.0. The molecule has 1 aliphatic carbocycles. The number of carbonyl (C=O) groups excluding carboxylic acids is 1. The monoisotopic (exact) mass is 312 g/mol. The number of anilines is 1. The van der Waals surface area contributed by atoms with Crippen LogP contribution in [-0.4, -0.2) is 30.3 Å². The van der Waals surface area contributed by atoms with Gasteiger partial charge in [0.2, 0.25) is 5.95 Å². The Bertz CT molecular complexity index is 812. The van der Waals surface area contributed by atoms with E-state index in [4.69, 9.17) is 0 Å². The van der Waals surface area contributed by atoms with Gasteiger partial charge in [-0.15, -0.1) is 0 Å². The Morgan fingerprint density at radius 3 is 2.91 bits per heavy atom. The molecule has 3 heterocycles. The lowest BCUT2D eigenvalue weighted by atomic mass is 9.73. The van der Waals surface area contributed by atoms with Crippen molar-refractivity contribution in [2.45, 2.75) is 46.2 Å². The summed E-state index contributed by atoms with van der Waals surface area (Å²) in [5.41, 5.74) is 2.71. The molecule has 4 rings (SSSR count). The summed E-state index contributed by atoms with van der Waals surface area (Å²) in [6.07, 6.45) is 6.71. The summed E-state index contributed by atoms with van der Waals surface area (Å²) in [6.45, 7) is 7.08. The molecule has 7 nitrogen and oxygen atoms in total. The second-order valence-corrected chi connectivity index (χ2v) is 7.02. The summed E-state index contributed by atoms with van der Waals surface area (Å²) >= 11 is 0. The van der Waals surface area contributed by atoms with E-state index >= 15 is 0 Å². The van der Waals surface area contributed by atoms with Gasteiger partial charge in [-0.3, -0.25) is 9.48 Å². The first-order valence-corrected chi connectivity index (χ1v) is 7.93. The Hall–Kier alpha value is -2.44. The molecule has 1 N–H and O–H groups in total. The highest BCUT2D eigenvalue weighted by Crippen LogP contribution is 2.44. The molecular weight excluding hydrogens is 292 g/mol. The van der Waals surface area contributed by atoms with Crippen LogP contribution in [0.3, 0.4) is 0 Å². The van der Waals surface area contributed by atoms with Gasteiger partial charge in [-0.05, 0) is 18.8 Å². The van der Waals surface area contributed by atoms with Crippen LogP contribution < -0.4 is 5.32 Å². The normalized spacial score (nSPS) is 22.6. The van der Waals surface area contributed by atoms with Crippen molar-refractivity contribution >= 4 is 11.7 Å². The highest BCUT2D eigenvalue weighted by Gasteiger charge is 2.41. The number of hydrogen-bond acceptors (Lipinski definition) is 5. The van der Waals surface area contributed by atoms with Crippen molar-refractivity contribution in [1.82, 2.24) is 24.5 Å². The van der Waals surface area contributed by atoms with Crippen molar-refractivity contribution in [2.24, 2.45) is 5.41 Å². The second kappa shape index (κ2) is 4.78. The number of Topliss-reactive ketones (excluding diaryl/α,β-unsaturated/α-hetero) is 1. The molecule has 2 aliphatic rings. The fraction of sp³-hybridized carbons (Fsp3) is 0.500. The van der Waals surface area contributed by atoms with Crippen LogP contribution in [0.2, 0.25) is 0 Å². The van der Waals surface area contributed by atoms with Crippen LogP contribution in [0.15, 0.2) is 30.0 Å². The van der Waals surface area contributed by atoms with Gasteiger partial charge in [0.05, 0.1) is 6.20 Å². The minimum atomic E-state index is -0.243. The Morgan fingerprint density at radius 1 is 1.35 bits per heavy atom. The van der Waals surface area contributed by atoms with Crippen molar-refractivity contribution in [3.63, 3.8) is 0 Å². The van der Waals surface area contributed by atoms with E-state index in [0.29, 0.717) is 12.4 Å². The third-order valence-electron chi connectivity index (χ3n) is 4.57. The number of rotatable bonds is 2. The van der Waals surface area contributed by atoms with Crippen LogP contribution in [0.1, 0.15) is 45.2 Å². The predicted octanol–water partition coefficient (Wildman–Crippen LogP) is 2.15. The first kappa shape index (κ1) is 14.2. The minimum Gasteiger partial charge on any atom is -0.328 e. The smallest absolute Gasteiger partial charge is 0.226 e. The summed E-state index contributed by atoms with van der Waals surface area (Å²) in [4.78, 5) is 17.1. The van der Waals surface area contributed by atoms with Gasteiger partial charge in [-0.2, -0.15) is 15.2 Å². The number of ketones is 1. The number of aromatic nitrogens is 5. The van der Waals surface area contributed by atoms with E-state index < -0.39 is 0 Å². The van der Waals surface area contributed by atoms with Gasteiger partial charge in [0.1, 0.15) is 12.4 Å². The Kier molecular flexibility index (Phi) is 2.94. The second-order valence-electron chi connectivity index (χ2n) is 7.02. The quantitative estimate of drug-likeness (QED) is 0.919. The molecule has 1 aliphatic heterocycles. The van der Waals surface area contributed by atoms with Gasteiger partial charge < -0.3 is 5.32 Å². The van der Waals surface area contributed by atoms with E-state index in [1.54, 1.807) is 4.68 Å². The standard InChI is InChI=1S/C16H20N6O/c1-4-21-8-10(7-18-21)14-13-11(5-16(2,3)6-12(13)23)20-15-17-9-19-22(14)15/h7-9,14H,4-6H2,1-3H3,(H,17,19,20)/t14-/m1/s1. The van der Waals surface area contributed by atoms with Crippen LogP contribution >= 0.6 is 0 Å². The van der Waals surface area contributed by atoms with Crippen molar-refractivity contribution < 1.29 is 4.79 Å². The SMILES string of the molecule is CCn1cc([C@@H]2C3=C(CC(C)(C)CC3=O)Nc3ncnn32)cn1. The third kappa shape index (κ3) is 2.18. The van der Waals surface area contributed by atoms with E-state index in [-0.39, 0.29) is 17.2 Å². The van der Waals surface area contributed by atoms with Gasteiger partial charge in [0.15, 0.2) is 5.78 Å². The first-order valence-electron chi connectivity index (χ1n) is 7.93. The molecular formula is C16H20N6O. The zero-order chi connectivity index (χ0) is 16.2. The van der Waals surface area contributed by atoms with Crippen molar-refractivity contribution in [1.29, 1.82) is 0 Å². The number of allylic oxidation sites excluding steroid dienone is 2. The molecule has 0 aromatic carbocycles. The maximum absolute atomic E-state index is 12.8. The highest BCUT2D eigenvalue weighted by atomic mass is 16.1. The average Bonchev–Trinajstić information content (AvgIpc) is 3.12. The molecule has 0 radical (unpaired) electrons. The van der Waals surface area contributed by atoms with Crippen molar-refractivity contribution in [3.8, 4) is 0 Å². The van der Waals surface area contributed by atoms with Crippen LogP contribution in [0, 0.1) is 5.41 Å². The van der Waals surface area contributed by atoms with E-state index in [0.717, 1.165) is 29.8 Å². The maximum Gasteiger partial charge on any atom is 0.226 e. The largest absolute Gasteiger partial charge is 0.328 e. The van der Waals surface area contributed by atoms with Gasteiger partial charge >= 0.3 is 0 Å². The lowest BCUT2D eigenvalue weighted by Crippen LogP contribution is -2.36. The topological polar surface area (TPSA) is 77.6 Å². The maximum atomic E-state index is 12.8. The fourth-order valence-corrected chi connectivity index (χ4v) is 3.55. The number of nitrogens with one attached hydrogen (secondary N) is 1. The van der Waals surface area contributed by atoms with Crippen LogP contribution in [0.5, 0.6) is 0 Å². The van der Waals surface area contributed by atoms with Crippen LogP contribution in [-0.2, 0) is 11.3 Å². The molecule has 0 saturated heterocycles. The highest BCUT2D eigenvalue weighted by molar-refractivity contribution is 6.00. The van der Waals surface area contributed by atoms with Gasteiger partial charge in [-0.25, -0.2) is 4.68 Å². The molecule has 2 aromatic heterocycles. The Balaban J connectivity index is 1.88. The number of nitrogens with zero attached hydrogens (tertiary/aromatic N) is 5. The number of aryl methyl sites for hydroxylation is 1.